The van der Waals surface area contributed by atoms with Crippen molar-refractivity contribution in [1.82, 2.24) is 58.5 Å². The maximum atomic E-state index is 16.8. The van der Waals surface area contributed by atoms with Crippen LogP contribution in [-0.2, 0) is 52.6 Å². The third kappa shape index (κ3) is 23.1. The molecular formula is C93H120ClN13O26. The average Bonchev–Trinajstić information content (AvgIpc) is 0.743. The van der Waals surface area contributed by atoms with Crippen molar-refractivity contribution in [3.63, 3.8) is 0 Å². The molecule has 6 aromatic rings. The number of aliphatic hydroxyl groups is 6. The number of carbonyl (C=O) groups is 9. The lowest BCUT2D eigenvalue weighted by Gasteiger charge is -2.54. The predicted molar refractivity (Wildman–Crippen MR) is 480 cm³/mol. The van der Waals surface area contributed by atoms with Gasteiger partial charge in [0.1, 0.15) is 127 Å². The number of fused-ring (bicyclic) bond motifs is 16. The van der Waals surface area contributed by atoms with Gasteiger partial charge in [0.25, 0.3) is 0 Å². The fourth-order valence-corrected chi connectivity index (χ4v) is 19.1. The van der Waals surface area contributed by atoms with Crippen molar-refractivity contribution in [2.45, 2.75) is 215 Å². The first-order valence-corrected chi connectivity index (χ1v) is 45.2. The van der Waals surface area contributed by atoms with Gasteiger partial charge in [0, 0.05) is 54.4 Å². The van der Waals surface area contributed by atoms with Gasteiger partial charge in [0.2, 0.25) is 53.4 Å². The number of rotatable bonds is 30. The first-order chi connectivity index (χ1) is 63.5. The van der Waals surface area contributed by atoms with Gasteiger partial charge in [-0.3, -0.25) is 38.9 Å². The van der Waals surface area contributed by atoms with E-state index in [-0.39, 0.29) is 123 Å². The molecule has 0 unspecified atom stereocenters. The Hall–Kier alpha value is -11.1. The van der Waals surface area contributed by atoms with Crippen molar-refractivity contribution in [1.29, 1.82) is 0 Å². The van der Waals surface area contributed by atoms with E-state index in [9.17, 15) is 69.9 Å². The number of imide groups is 1. The molecule has 133 heavy (non-hydrogen) atoms. The number of hydrogen-bond donors (Lipinski definition) is 22. The Morgan fingerprint density at radius 3 is 1.95 bits per heavy atom. The third-order valence-electron chi connectivity index (χ3n) is 25.5. The first-order valence-electron chi connectivity index (χ1n) is 44.8. The second kappa shape index (κ2) is 43.5. The largest absolute Gasteiger partial charge is 0.508 e. The summed E-state index contributed by atoms with van der Waals surface area (Å²) in [5, 5.41) is 139. The highest BCUT2D eigenvalue weighted by Gasteiger charge is 2.53. The van der Waals surface area contributed by atoms with Crippen LogP contribution in [0, 0.1) is 36.5 Å². The molecule has 16 rings (SSSR count). The maximum absolute atomic E-state index is 16.8. The molecule has 9 amide bonds. The number of aromatic hydroxyl groups is 3. The third-order valence-corrected chi connectivity index (χ3v) is 25.8. The molecule has 0 aromatic heterocycles. The number of aldehydes is 1. The van der Waals surface area contributed by atoms with E-state index in [0.717, 1.165) is 68.5 Å². The maximum Gasteiger partial charge on any atom is 0.325 e. The lowest BCUT2D eigenvalue weighted by atomic mass is 9.54. The highest BCUT2D eigenvalue weighted by molar-refractivity contribution is 6.32. The van der Waals surface area contributed by atoms with Gasteiger partial charge in [-0.2, -0.15) is 0 Å². The molecule has 6 aliphatic heterocycles. The molecule has 6 aromatic carbocycles. The van der Waals surface area contributed by atoms with Crippen LogP contribution in [0.1, 0.15) is 157 Å². The lowest BCUT2D eigenvalue weighted by Crippen LogP contribution is -2.64. The summed E-state index contributed by atoms with van der Waals surface area (Å²) < 4.78 is 51.4. The number of nitrogens with two attached hydrogens (primary N) is 1. The highest BCUT2D eigenvalue weighted by Crippen LogP contribution is 2.55. The van der Waals surface area contributed by atoms with Gasteiger partial charge in [0.15, 0.2) is 23.9 Å². The standard InChI is InChI=1S/C93H120ClN13O26/c1-10-98-20-22-126-54-15-16-58(66(37-54)127-23-21-99-11-2)102-92(125)103-70(113)38-60-86(120)105-75-52-33-67(129-64-18-13-48(25-43(64)5)79(115)77(90(124)100-60)107-85(119)59(96-8)24-42(3)4)82(133-91-83(81(117)80(116)69(41-109)131-91)132-71-39-93(7,95)84(118)44(6)128-71)68(34-52)130-65-19-14-49(32-57(65)94)78(114)61(40-108)101-87(121)74(106-88(75)122)47-12-17-62(111)55(31-47)72-56(35-53(110)36-63(72)112)76(97-9)89(123)104-73-50-27-45-26-46(29-50)30-51(73)28-45/h12-19,25,31-37,40,42,44-46,50-51,59-61,69,71,73-81,83-84,91,96-99,109-112,114-118H,10-11,20-24,26-30,38-39,41,95H2,1-9H3,(H,100,124)(H,101,121)(H,104,123)(H,105,120)(H,106,122)(H,107,119)(H2,102,103,113,125)/t44-,45?,46?,50?,51?,59+,60-,61+,69+,71-,73?,74+,75+,76-,77+,78+,79+,80+,81-,83+,84+,91-,93-/m0/s1. The van der Waals surface area contributed by atoms with E-state index in [4.69, 9.17) is 55.2 Å². The smallest absolute Gasteiger partial charge is 0.325 e. The molecule has 6 heterocycles. The van der Waals surface area contributed by atoms with Gasteiger partial charge >= 0.3 is 6.03 Å². The Labute approximate surface area is 772 Å². The number of aryl methyl sites for hydroxylation is 1. The van der Waals surface area contributed by atoms with Gasteiger partial charge in [-0.15, -0.1) is 0 Å². The molecule has 720 valence electrons. The van der Waals surface area contributed by atoms with Crippen molar-refractivity contribution in [3.05, 3.63) is 135 Å². The minimum Gasteiger partial charge on any atom is -0.508 e. The number of anilines is 1. The monoisotopic (exact) mass is 1870 g/mol. The Morgan fingerprint density at radius 1 is 0.677 bits per heavy atom. The van der Waals surface area contributed by atoms with Gasteiger partial charge in [-0.1, -0.05) is 57.5 Å². The Bertz CT molecular complexity index is 5220. The molecule has 10 aliphatic rings. The molecule has 4 saturated carbocycles. The number of hydrogen-bond acceptors (Lipinski definition) is 31. The van der Waals surface area contributed by atoms with Gasteiger partial charge in [0.05, 0.1) is 42.0 Å². The van der Waals surface area contributed by atoms with Crippen molar-refractivity contribution >= 4 is 71.0 Å². The van der Waals surface area contributed by atoms with Crippen molar-refractivity contribution in [2.75, 3.05) is 65.4 Å². The minimum absolute atomic E-state index is 0.0267. The molecule has 4 aliphatic carbocycles. The Balaban J connectivity index is 0.988. The number of urea groups is 1. The quantitative estimate of drug-likeness (QED) is 0.0225. The molecule has 40 heteroatoms. The van der Waals surface area contributed by atoms with Crippen LogP contribution in [0.15, 0.2) is 97.1 Å². The van der Waals surface area contributed by atoms with E-state index in [1.165, 1.54) is 95.5 Å². The van der Waals surface area contributed by atoms with Crippen LogP contribution in [-0.4, -0.2) is 245 Å². The number of amides is 9. The summed E-state index contributed by atoms with van der Waals surface area (Å²) in [7, 11) is 2.96. The van der Waals surface area contributed by atoms with Crippen LogP contribution in [0.4, 0.5) is 10.5 Å². The van der Waals surface area contributed by atoms with Crippen molar-refractivity contribution in [3.8, 4) is 68.6 Å². The topological polar surface area (TPSA) is 580 Å². The van der Waals surface area contributed by atoms with E-state index < -0.39 is 210 Å². The van der Waals surface area contributed by atoms with E-state index in [0.29, 0.717) is 43.8 Å². The zero-order valence-corrected chi connectivity index (χ0v) is 75.9. The fraction of sp³-hybridized carbons (Fsp3) is 0.516. The number of likely N-dealkylation sites (N-methyl/N-ethyl adjacent to an activating group) is 4. The number of phenolic OH excluding ortho intramolecular Hbond substituents is 3. The number of carbonyl (C=O) groups excluding carboxylic acids is 9. The minimum atomic E-state index is -2.42. The molecule has 0 radical (unpaired) electrons. The number of halogens is 1. The zero-order chi connectivity index (χ0) is 95.7. The van der Waals surface area contributed by atoms with Crippen LogP contribution in [0.3, 0.4) is 0 Å². The number of benzene rings is 6. The summed E-state index contributed by atoms with van der Waals surface area (Å²) in [4.78, 5) is 137. The highest BCUT2D eigenvalue weighted by atomic mass is 35.5. The van der Waals surface area contributed by atoms with Crippen LogP contribution in [0.2, 0.25) is 5.02 Å². The number of phenols is 3. The second-order valence-electron chi connectivity index (χ2n) is 35.7. The second-order valence-corrected chi connectivity index (χ2v) is 36.1. The number of aliphatic hydroxyl groups excluding tert-OH is 6. The molecule has 2 saturated heterocycles. The molecule has 0 spiro atoms. The molecule has 11 bridgehead atoms. The first kappa shape index (κ1) is 99.4. The average molecular weight is 1870 g/mol. The SMILES string of the molecule is CCNCCOc1ccc(NC(=O)NC(=O)C[C@@H]2NC(=O)[C@H](NC(=O)[C@@H](CC(C)C)NC)[C@H](O)c3ccc(c(C)c3)Oc3cc4cc(c3O[C@@H]3O[C@H](CO)[C@@H](O)[C@H](O)[C@H]3O[C@H]3C[C@](C)(N)[C@H](O)[C@H](C)O3)Oc3ccc(cc3Cl)[C@@H](O)[C@@H](C=O)NC(=O)[C@@H](c3ccc(O)c(-c5c(O)cc(O)cc5[C@H](NC)C(=O)NC5C6CC7CC(C6)CC5C7)c3)NC(=O)[C@@H]4NC2=O)c(OCCNCC)c1. The zero-order valence-electron chi connectivity index (χ0n) is 75.1. The summed E-state index contributed by atoms with van der Waals surface area (Å²) in [6.45, 7) is 13.5. The number of nitrogens with one attached hydrogen (secondary N) is 12. The number of ether oxygens (including phenoxy) is 8. The predicted octanol–water partition coefficient (Wildman–Crippen LogP) is 3.75. The Morgan fingerprint density at radius 2 is 1.32 bits per heavy atom. The summed E-state index contributed by atoms with van der Waals surface area (Å²) >= 11 is 7.18. The van der Waals surface area contributed by atoms with Gasteiger partial charge < -0.3 is 153 Å². The van der Waals surface area contributed by atoms with Gasteiger partial charge in [-0.25, -0.2) is 4.79 Å². The van der Waals surface area contributed by atoms with Crippen LogP contribution in [0.25, 0.3) is 11.1 Å². The molecule has 39 nitrogen and oxygen atoms in total. The Kier molecular flexibility index (Phi) is 32.5. The summed E-state index contributed by atoms with van der Waals surface area (Å²) in [6.07, 6.45) is -13.6. The van der Waals surface area contributed by atoms with E-state index in [1.807, 2.05) is 27.7 Å². The van der Waals surface area contributed by atoms with Crippen LogP contribution >= 0.6 is 11.6 Å². The van der Waals surface area contributed by atoms with Crippen LogP contribution in [0.5, 0.6) is 57.5 Å². The van der Waals surface area contributed by atoms with E-state index in [1.54, 1.807) is 0 Å². The van der Waals surface area contributed by atoms with Crippen molar-refractivity contribution < 1.29 is 127 Å². The molecule has 23 N–H and O–H groups in total. The fourth-order valence-electron chi connectivity index (χ4n) is 18.9. The van der Waals surface area contributed by atoms with Gasteiger partial charge in [-0.05, 0) is 216 Å². The normalized spacial score (nSPS) is 28.5. The van der Waals surface area contributed by atoms with Crippen LogP contribution < -0.4 is 93.2 Å². The van der Waals surface area contributed by atoms with E-state index in [2.05, 4.69) is 63.8 Å². The summed E-state index contributed by atoms with van der Waals surface area (Å²) in [6, 6.07) is 4.92. The summed E-state index contributed by atoms with van der Waals surface area (Å²) in [5.74, 6) is -10.6. The summed E-state index contributed by atoms with van der Waals surface area (Å²) in [5.41, 5.74) is 3.68. The molecule has 18 atom stereocenters. The molecule has 6 fully saturated rings. The molecular weight excluding hydrogens is 1750 g/mol. The van der Waals surface area contributed by atoms with E-state index >= 15 is 19.2 Å². The van der Waals surface area contributed by atoms with Crippen molar-refractivity contribution in [2.24, 2.45) is 35.3 Å². The lowest BCUT2D eigenvalue weighted by molar-refractivity contribution is -0.333.